The molecule has 1 aliphatic heterocycles. The Morgan fingerprint density at radius 3 is 2.35 bits per heavy atom. The van der Waals surface area contributed by atoms with Crippen molar-refractivity contribution in [3.63, 3.8) is 0 Å². The van der Waals surface area contributed by atoms with Crippen LogP contribution in [0.15, 0.2) is 42.5 Å². The molecule has 0 unspecified atom stereocenters. The first-order chi connectivity index (χ1) is 16.2. The van der Waals surface area contributed by atoms with Crippen molar-refractivity contribution < 1.29 is 28.8 Å². The van der Waals surface area contributed by atoms with E-state index < -0.39 is 23.3 Å². The van der Waals surface area contributed by atoms with Gasteiger partial charge in [-0.05, 0) is 56.4 Å². The number of esters is 1. The summed E-state index contributed by atoms with van der Waals surface area (Å²) in [5, 5.41) is 11.1. The summed E-state index contributed by atoms with van der Waals surface area (Å²) in [7, 11) is 0. The maximum Gasteiger partial charge on any atom is 0.338 e. The number of aryl methyl sites for hydroxylation is 1. The number of nitro benzene ring substituents is 1. The molecule has 0 aromatic heterocycles. The van der Waals surface area contributed by atoms with E-state index in [1.807, 2.05) is 0 Å². The first-order valence-corrected chi connectivity index (χ1v) is 11.1. The Morgan fingerprint density at radius 1 is 1.03 bits per heavy atom. The molecule has 0 bridgehead atoms. The number of nitro groups is 1. The Balaban J connectivity index is 1.40. The van der Waals surface area contributed by atoms with Crippen LogP contribution < -0.4 is 4.90 Å². The highest BCUT2D eigenvalue weighted by Crippen LogP contribution is 2.42. The number of ether oxygens (including phenoxy) is 1. The molecule has 9 nitrogen and oxygen atoms in total. The number of nitrogens with zero attached hydrogens (tertiary/aromatic N) is 2. The number of hydrogen-bond acceptors (Lipinski definition) is 7. The number of anilines is 1. The summed E-state index contributed by atoms with van der Waals surface area (Å²) in [6.45, 7) is 3.07. The molecule has 1 saturated carbocycles. The minimum atomic E-state index is -0.761. The van der Waals surface area contributed by atoms with Crippen molar-refractivity contribution in [2.45, 2.75) is 33.1 Å². The molecule has 176 valence electrons. The second-order valence-corrected chi connectivity index (χ2v) is 8.95. The Kier molecular flexibility index (Phi) is 6.28. The van der Waals surface area contributed by atoms with Crippen molar-refractivity contribution in [3.8, 4) is 0 Å². The number of rotatable bonds is 6. The summed E-state index contributed by atoms with van der Waals surface area (Å²) >= 11 is 0. The van der Waals surface area contributed by atoms with E-state index in [4.69, 9.17) is 4.74 Å². The number of imide groups is 1. The molecule has 2 fully saturated rings. The van der Waals surface area contributed by atoms with Crippen molar-refractivity contribution in [1.29, 1.82) is 0 Å². The van der Waals surface area contributed by atoms with Crippen molar-refractivity contribution in [2.24, 2.45) is 17.8 Å². The molecule has 4 rings (SSSR count). The molecule has 2 aliphatic rings. The molecule has 1 saturated heterocycles. The van der Waals surface area contributed by atoms with Crippen LogP contribution in [0.2, 0.25) is 0 Å². The summed E-state index contributed by atoms with van der Waals surface area (Å²) in [5.41, 5.74) is 0.853. The fraction of sp³-hybridized carbons (Fsp3) is 0.360. The highest BCUT2D eigenvalue weighted by molar-refractivity contribution is 6.22. The third-order valence-electron chi connectivity index (χ3n) is 6.61. The topological polar surface area (TPSA) is 124 Å². The monoisotopic (exact) mass is 464 g/mol. The number of amides is 2. The number of carbonyl (C=O) groups is 4. The van der Waals surface area contributed by atoms with Gasteiger partial charge in [0.05, 0.1) is 28.0 Å². The Labute approximate surface area is 195 Å². The van der Waals surface area contributed by atoms with Crippen LogP contribution in [0, 0.1) is 34.8 Å². The number of benzene rings is 2. The van der Waals surface area contributed by atoms with Gasteiger partial charge in [0.2, 0.25) is 17.6 Å². The fourth-order valence-corrected chi connectivity index (χ4v) is 4.67. The number of carbonyl (C=O) groups excluding carboxylic acids is 4. The van der Waals surface area contributed by atoms with Crippen LogP contribution in [0.3, 0.4) is 0 Å². The van der Waals surface area contributed by atoms with E-state index in [-0.39, 0.29) is 40.5 Å². The average molecular weight is 464 g/mol. The molecule has 0 spiro atoms. The van der Waals surface area contributed by atoms with Gasteiger partial charge in [0.1, 0.15) is 0 Å². The van der Waals surface area contributed by atoms with Gasteiger partial charge in [-0.2, -0.15) is 0 Å². The molecule has 2 aromatic rings. The van der Waals surface area contributed by atoms with Crippen LogP contribution in [-0.4, -0.2) is 35.1 Å². The van der Waals surface area contributed by atoms with Crippen molar-refractivity contribution in [1.82, 2.24) is 0 Å². The van der Waals surface area contributed by atoms with E-state index in [0.717, 1.165) is 12.5 Å². The van der Waals surface area contributed by atoms with E-state index in [0.29, 0.717) is 30.0 Å². The quantitative estimate of drug-likeness (QED) is 0.209. The number of hydrogen-bond donors (Lipinski definition) is 0. The predicted molar refractivity (Wildman–Crippen MR) is 121 cm³/mol. The number of ketones is 1. The van der Waals surface area contributed by atoms with E-state index in [1.165, 1.54) is 41.3 Å². The number of fused-ring (bicyclic) bond motifs is 1. The maximum absolute atomic E-state index is 12.8. The first kappa shape index (κ1) is 23.3. The lowest BCUT2D eigenvalue weighted by molar-refractivity contribution is -0.385. The van der Waals surface area contributed by atoms with Gasteiger partial charge >= 0.3 is 5.97 Å². The molecule has 0 N–H and O–H groups in total. The van der Waals surface area contributed by atoms with Gasteiger partial charge < -0.3 is 4.74 Å². The largest absolute Gasteiger partial charge is 0.454 e. The van der Waals surface area contributed by atoms with E-state index in [2.05, 4.69) is 6.92 Å². The highest BCUT2D eigenvalue weighted by atomic mass is 16.6. The Hall–Kier alpha value is -3.88. The Bertz CT molecular complexity index is 1190. The van der Waals surface area contributed by atoms with Crippen LogP contribution in [-0.2, 0) is 14.3 Å². The van der Waals surface area contributed by atoms with Crippen LogP contribution in [0.4, 0.5) is 11.4 Å². The third kappa shape index (κ3) is 4.33. The number of Topliss-reactive ketones (excluding diaryl/α,β-unsaturated/α-hetero) is 1. The van der Waals surface area contributed by atoms with Gasteiger partial charge in [-0.25, -0.2) is 4.79 Å². The smallest absolute Gasteiger partial charge is 0.338 e. The first-order valence-electron chi connectivity index (χ1n) is 11.1. The molecule has 2 amide bonds. The second kappa shape index (κ2) is 9.17. The molecular weight excluding hydrogens is 440 g/mol. The lowest BCUT2D eigenvalue weighted by Crippen LogP contribution is -2.30. The fourth-order valence-electron chi connectivity index (χ4n) is 4.67. The van der Waals surface area contributed by atoms with E-state index in [1.54, 1.807) is 6.92 Å². The van der Waals surface area contributed by atoms with Crippen LogP contribution in [0.25, 0.3) is 0 Å². The third-order valence-corrected chi connectivity index (χ3v) is 6.61. The second-order valence-electron chi connectivity index (χ2n) is 8.95. The van der Waals surface area contributed by atoms with Gasteiger partial charge in [-0.1, -0.05) is 19.1 Å². The van der Waals surface area contributed by atoms with Gasteiger partial charge in [0.25, 0.3) is 5.69 Å². The molecule has 34 heavy (non-hydrogen) atoms. The van der Waals surface area contributed by atoms with Gasteiger partial charge in [-0.15, -0.1) is 0 Å². The minimum absolute atomic E-state index is 0.0716. The average Bonchev–Trinajstić information content (AvgIpc) is 3.06. The Morgan fingerprint density at radius 2 is 1.68 bits per heavy atom. The van der Waals surface area contributed by atoms with Crippen molar-refractivity contribution in [3.05, 3.63) is 69.3 Å². The summed E-state index contributed by atoms with van der Waals surface area (Å²) in [4.78, 5) is 62.1. The standard InChI is InChI=1S/C25H24N2O7/c1-14-3-10-19-20(11-14)24(30)26(23(19)29)18-8-6-16(7-9-18)25(31)34-13-22(28)17-5-4-15(2)21(12-17)27(32)33/h4-9,12,14,19-20H,3,10-11,13H2,1-2H3/t14-,19-,20-/m1/s1. The van der Waals surface area contributed by atoms with Gasteiger partial charge in [-0.3, -0.25) is 29.4 Å². The summed E-state index contributed by atoms with van der Waals surface area (Å²) in [5.74, 6) is -1.89. The summed E-state index contributed by atoms with van der Waals surface area (Å²) in [6.07, 6.45) is 2.33. The van der Waals surface area contributed by atoms with Crippen LogP contribution in [0.1, 0.15) is 52.5 Å². The van der Waals surface area contributed by atoms with Crippen molar-refractivity contribution >= 4 is 34.9 Å². The van der Waals surface area contributed by atoms with Gasteiger partial charge in [0, 0.05) is 17.2 Å². The lowest BCUT2D eigenvalue weighted by Gasteiger charge is -2.25. The highest BCUT2D eigenvalue weighted by Gasteiger charge is 2.49. The SMILES string of the molecule is Cc1ccc(C(=O)COC(=O)c2ccc(N3C(=O)[C@@H]4CC[C@@H](C)C[C@H]4C3=O)cc2)cc1[N+](=O)[O-]. The van der Waals surface area contributed by atoms with Gasteiger partial charge in [0.15, 0.2) is 6.61 Å². The maximum atomic E-state index is 12.8. The van der Waals surface area contributed by atoms with E-state index >= 15 is 0 Å². The lowest BCUT2D eigenvalue weighted by atomic mass is 9.76. The zero-order valence-electron chi connectivity index (χ0n) is 18.9. The normalized spacial score (nSPS) is 21.8. The zero-order valence-corrected chi connectivity index (χ0v) is 18.9. The summed E-state index contributed by atoms with van der Waals surface area (Å²) < 4.78 is 5.07. The molecule has 9 heteroatoms. The molecule has 1 aliphatic carbocycles. The van der Waals surface area contributed by atoms with E-state index in [9.17, 15) is 29.3 Å². The van der Waals surface area contributed by atoms with Crippen molar-refractivity contribution in [2.75, 3.05) is 11.5 Å². The van der Waals surface area contributed by atoms with Crippen LogP contribution in [0.5, 0.6) is 0 Å². The zero-order chi connectivity index (χ0) is 24.6. The van der Waals surface area contributed by atoms with Crippen LogP contribution >= 0.6 is 0 Å². The minimum Gasteiger partial charge on any atom is -0.454 e. The predicted octanol–water partition coefficient (Wildman–Crippen LogP) is 3.87. The molecule has 3 atom stereocenters. The molecule has 1 heterocycles. The summed E-state index contributed by atoms with van der Waals surface area (Å²) in [6, 6.07) is 9.95. The molecule has 2 aromatic carbocycles. The molecule has 0 radical (unpaired) electrons. The molecular formula is C25H24N2O7.